The van der Waals surface area contributed by atoms with Crippen LogP contribution in [0, 0.1) is 21.7 Å². The van der Waals surface area contributed by atoms with Gasteiger partial charge >= 0.3 is 0 Å². The molecule has 2 nitrogen and oxygen atoms in total. The molecule has 4 aliphatic rings. The van der Waals surface area contributed by atoms with E-state index in [1.807, 2.05) is 0 Å². The predicted octanol–water partition coefficient (Wildman–Crippen LogP) is 4.70. The van der Waals surface area contributed by atoms with Crippen LogP contribution in [-0.2, 0) is 6.54 Å². The summed E-state index contributed by atoms with van der Waals surface area (Å²) < 4.78 is 0. The first-order valence-corrected chi connectivity index (χ1v) is 10.2. The minimum absolute atomic E-state index is 0.530. The van der Waals surface area contributed by atoms with Gasteiger partial charge in [0.05, 0.1) is 0 Å². The minimum atomic E-state index is 0.530. The Morgan fingerprint density at radius 2 is 1.44 bits per heavy atom. The summed E-state index contributed by atoms with van der Waals surface area (Å²) in [5.74, 6) is 0. The second-order valence-electron chi connectivity index (χ2n) is 10.6. The van der Waals surface area contributed by atoms with Crippen molar-refractivity contribution in [1.82, 2.24) is 10.2 Å². The van der Waals surface area contributed by atoms with Crippen molar-refractivity contribution in [2.45, 2.75) is 59.9 Å². The van der Waals surface area contributed by atoms with Crippen molar-refractivity contribution in [3.05, 3.63) is 35.9 Å². The Kier molecular flexibility index (Phi) is 4.09. The van der Waals surface area contributed by atoms with Crippen LogP contribution in [0.4, 0.5) is 0 Å². The first kappa shape index (κ1) is 17.5. The molecule has 0 amide bonds. The highest BCUT2D eigenvalue weighted by atomic mass is 15.2. The normalized spacial score (nSPS) is 29.4. The third-order valence-corrected chi connectivity index (χ3v) is 8.00. The maximum atomic E-state index is 3.47. The van der Waals surface area contributed by atoms with Gasteiger partial charge in [-0.05, 0) is 52.9 Å². The molecule has 1 aromatic carbocycles. The van der Waals surface area contributed by atoms with Crippen molar-refractivity contribution in [2.75, 3.05) is 26.2 Å². The molecule has 1 N–H and O–H groups in total. The summed E-state index contributed by atoms with van der Waals surface area (Å²) in [6.07, 6.45) is 5.83. The zero-order valence-corrected chi connectivity index (χ0v) is 16.7. The van der Waals surface area contributed by atoms with Crippen LogP contribution in [-0.4, -0.2) is 31.1 Å². The number of benzene rings is 1. The van der Waals surface area contributed by atoms with Gasteiger partial charge in [-0.25, -0.2) is 0 Å². The van der Waals surface area contributed by atoms with Gasteiger partial charge in [-0.2, -0.15) is 0 Å². The van der Waals surface area contributed by atoms with Gasteiger partial charge in [-0.3, -0.25) is 4.90 Å². The molecule has 2 saturated carbocycles. The minimum Gasteiger partial charge on any atom is -0.316 e. The summed E-state index contributed by atoms with van der Waals surface area (Å²) in [6, 6.07) is 10.9. The zero-order chi connectivity index (χ0) is 17.8. The lowest BCUT2D eigenvalue weighted by atomic mass is 9.79. The smallest absolute Gasteiger partial charge is 0.0234 e. The van der Waals surface area contributed by atoms with E-state index < -0.39 is 0 Å². The average Bonchev–Trinajstić information content (AvgIpc) is 3.42. The van der Waals surface area contributed by atoms with Crippen LogP contribution >= 0.6 is 0 Å². The lowest BCUT2D eigenvalue weighted by Crippen LogP contribution is -2.24. The van der Waals surface area contributed by atoms with E-state index in [4.69, 9.17) is 0 Å². The molecule has 0 atom stereocenters. The molecule has 2 aliphatic carbocycles. The predicted molar refractivity (Wildman–Crippen MR) is 105 cm³/mol. The summed E-state index contributed by atoms with van der Waals surface area (Å²) in [5, 5.41) is 3.47. The Balaban J connectivity index is 0.000000147. The van der Waals surface area contributed by atoms with Crippen LogP contribution < -0.4 is 5.32 Å². The maximum Gasteiger partial charge on any atom is 0.0234 e. The van der Waals surface area contributed by atoms with E-state index in [1.165, 1.54) is 57.4 Å². The molecule has 0 unspecified atom stereocenters. The molecule has 138 valence electrons. The maximum absolute atomic E-state index is 3.47. The zero-order valence-electron chi connectivity index (χ0n) is 16.7. The molecule has 5 rings (SSSR count). The van der Waals surface area contributed by atoms with Gasteiger partial charge < -0.3 is 5.32 Å². The van der Waals surface area contributed by atoms with Gasteiger partial charge in [0.15, 0.2) is 0 Å². The van der Waals surface area contributed by atoms with Crippen LogP contribution in [0.1, 0.15) is 58.9 Å². The second-order valence-corrected chi connectivity index (χ2v) is 10.6. The molecule has 2 heterocycles. The highest BCUT2D eigenvalue weighted by molar-refractivity contribution is 5.17. The molecule has 0 aromatic heterocycles. The molecule has 4 fully saturated rings. The molecule has 2 saturated heterocycles. The Morgan fingerprint density at radius 3 is 1.88 bits per heavy atom. The van der Waals surface area contributed by atoms with Crippen LogP contribution in [0.15, 0.2) is 30.3 Å². The molecule has 2 heteroatoms. The number of nitrogens with zero attached hydrogens (tertiary/aromatic N) is 1. The summed E-state index contributed by atoms with van der Waals surface area (Å²) >= 11 is 0. The Hall–Kier alpha value is -0.860. The highest BCUT2D eigenvalue weighted by Gasteiger charge is 2.59. The highest BCUT2D eigenvalue weighted by Crippen LogP contribution is 2.62. The van der Waals surface area contributed by atoms with E-state index in [1.54, 1.807) is 0 Å². The van der Waals surface area contributed by atoms with E-state index in [9.17, 15) is 0 Å². The van der Waals surface area contributed by atoms with Crippen molar-refractivity contribution in [3.8, 4) is 0 Å². The Labute approximate surface area is 154 Å². The summed E-state index contributed by atoms with van der Waals surface area (Å²) in [4.78, 5) is 2.64. The number of likely N-dealkylation sites (tertiary alicyclic amines) is 1. The fraction of sp³-hybridized carbons (Fsp3) is 0.739. The summed E-state index contributed by atoms with van der Waals surface area (Å²) in [5.41, 5.74) is 3.97. The van der Waals surface area contributed by atoms with Crippen molar-refractivity contribution >= 4 is 0 Å². The van der Waals surface area contributed by atoms with Crippen molar-refractivity contribution in [1.29, 1.82) is 0 Å². The number of hydrogen-bond donors (Lipinski definition) is 1. The van der Waals surface area contributed by atoms with Crippen LogP contribution in [0.3, 0.4) is 0 Å². The molecule has 0 bridgehead atoms. The van der Waals surface area contributed by atoms with Gasteiger partial charge in [0.1, 0.15) is 0 Å². The quantitative estimate of drug-likeness (QED) is 0.839. The number of rotatable bonds is 2. The Bertz CT molecular complexity index is 598. The van der Waals surface area contributed by atoms with E-state index in [-0.39, 0.29) is 0 Å². The van der Waals surface area contributed by atoms with E-state index in [2.05, 4.69) is 68.2 Å². The van der Waals surface area contributed by atoms with Gasteiger partial charge in [0, 0.05) is 32.7 Å². The number of nitrogens with one attached hydrogen (secondary N) is 1. The molecule has 1 aromatic rings. The lowest BCUT2D eigenvalue weighted by Gasteiger charge is -2.25. The van der Waals surface area contributed by atoms with E-state index in [0.717, 1.165) is 12.0 Å². The molecule has 0 radical (unpaired) electrons. The SMILES string of the molecule is CC1(C)CN(Cc2ccccc2)CC12CC2.CC1(C)CNCC12CC2. The van der Waals surface area contributed by atoms with Gasteiger partial charge in [-0.1, -0.05) is 58.0 Å². The molecular formula is C23H36N2. The van der Waals surface area contributed by atoms with E-state index >= 15 is 0 Å². The van der Waals surface area contributed by atoms with Crippen molar-refractivity contribution in [2.24, 2.45) is 21.7 Å². The third kappa shape index (κ3) is 3.17. The average molecular weight is 341 g/mol. The standard InChI is InChI=1S/C15H21N.C8H15N/c1-14(2)11-16(12-15(14)8-9-15)10-13-6-4-3-5-7-13;1-7(2)5-9-6-8(7)3-4-8/h3-7H,8-12H2,1-2H3;9H,3-6H2,1-2H3. The molecule has 2 aliphatic heterocycles. The number of hydrogen-bond acceptors (Lipinski definition) is 2. The third-order valence-electron chi connectivity index (χ3n) is 8.00. The fourth-order valence-electron chi connectivity index (χ4n) is 5.41. The molecule has 25 heavy (non-hydrogen) atoms. The first-order chi connectivity index (χ1) is 11.8. The monoisotopic (exact) mass is 340 g/mol. The topological polar surface area (TPSA) is 15.3 Å². The van der Waals surface area contributed by atoms with Gasteiger partial charge in [0.25, 0.3) is 0 Å². The molecular weight excluding hydrogens is 304 g/mol. The Morgan fingerprint density at radius 1 is 0.800 bits per heavy atom. The van der Waals surface area contributed by atoms with Crippen LogP contribution in [0.2, 0.25) is 0 Å². The fourth-order valence-corrected chi connectivity index (χ4v) is 5.41. The molecule has 2 spiro atoms. The van der Waals surface area contributed by atoms with Crippen molar-refractivity contribution in [3.63, 3.8) is 0 Å². The van der Waals surface area contributed by atoms with Crippen LogP contribution in [0.5, 0.6) is 0 Å². The first-order valence-electron chi connectivity index (χ1n) is 10.2. The lowest BCUT2D eigenvalue weighted by molar-refractivity contribution is 0.256. The van der Waals surface area contributed by atoms with Crippen molar-refractivity contribution < 1.29 is 0 Å². The summed E-state index contributed by atoms with van der Waals surface area (Å²) in [7, 11) is 0. The van der Waals surface area contributed by atoms with E-state index in [0.29, 0.717) is 16.2 Å². The summed E-state index contributed by atoms with van der Waals surface area (Å²) in [6.45, 7) is 15.9. The van der Waals surface area contributed by atoms with Gasteiger partial charge in [0.2, 0.25) is 0 Å². The van der Waals surface area contributed by atoms with Crippen LogP contribution in [0.25, 0.3) is 0 Å². The van der Waals surface area contributed by atoms with Gasteiger partial charge in [-0.15, -0.1) is 0 Å². The largest absolute Gasteiger partial charge is 0.316 e. The second kappa shape index (κ2) is 5.82.